The van der Waals surface area contributed by atoms with Gasteiger partial charge in [-0.3, -0.25) is 4.68 Å². The number of benzene rings is 1. The van der Waals surface area contributed by atoms with E-state index in [4.69, 9.17) is 16.0 Å². The van der Waals surface area contributed by atoms with Crippen LogP contribution in [0, 0.1) is 0 Å². The van der Waals surface area contributed by atoms with Crippen LogP contribution in [0.4, 0.5) is 13.2 Å². The SMILES string of the molecule is FC(F)(F)c1nn(CCc2nnc(-c3ccccc3)o2)c(C2CC2)c1Cl. The first kappa shape index (κ1) is 17.1. The average Bonchev–Trinajstić information content (AvgIpc) is 3.22. The highest BCUT2D eigenvalue weighted by Crippen LogP contribution is 2.46. The lowest BCUT2D eigenvalue weighted by atomic mass is 10.2. The maximum atomic E-state index is 13.1. The van der Waals surface area contributed by atoms with Crippen molar-refractivity contribution in [2.75, 3.05) is 0 Å². The number of hydrogen-bond acceptors (Lipinski definition) is 4. The minimum atomic E-state index is -4.57. The summed E-state index contributed by atoms with van der Waals surface area (Å²) >= 11 is 5.96. The third-order valence-corrected chi connectivity index (χ3v) is 4.56. The van der Waals surface area contributed by atoms with Crippen molar-refractivity contribution in [2.45, 2.75) is 37.9 Å². The number of alkyl halides is 3. The summed E-state index contributed by atoms with van der Waals surface area (Å²) in [4.78, 5) is 0. The number of aromatic nitrogens is 4. The van der Waals surface area contributed by atoms with E-state index < -0.39 is 11.9 Å². The Morgan fingerprint density at radius 2 is 1.88 bits per heavy atom. The lowest BCUT2D eigenvalue weighted by Gasteiger charge is -2.04. The highest BCUT2D eigenvalue weighted by molar-refractivity contribution is 6.32. The topological polar surface area (TPSA) is 56.7 Å². The van der Waals surface area contributed by atoms with Gasteiger partial charge in [-0.05, 0) is 25.0 Å². The van der Waals surface area contributed by atoms with Crippen LogP contribution in [0.5, 0.6) is 0 Å². The van der Waals surface area contributed by atoms with Crippen molar-refractivity contribution in [3.63, 3.8) is 0 Å². The van der Waals surface area contributed by atoms with Crippen LogP contribution < -0.4 is 0 Å². The zero-order chi connectivity index (χ0) is 18.3. The van der Waals surface area contributed by atoms with Crippen LogP contribution in [-0.2, 0) is 19.1 Å². The minimum absolute atomic E-state index is 0.0358. The smallest absolute Gasteiger partial charge is 0.421 e. The zero-order valence-electron chi connectivity index (χ0n) is 13.5. The van der Waals surface area contributed by atoms with Gasteiger partial charge in [-0.2, -0.15) is 18.3 Å². The molecule has 0 aliphatic heterocycles. The monoisotopic (exact) mass is 382 g/mol. The second-order valence-corrected chi connectivity index (χ2v) is 6.54. The van der Waals surface area contributed by atoms with E-state index in [9.17, 15) is 13.2 Å². The maximum absolute atomic E-state index is 13.1. The molecule has 0 bridgehead atoms. The van der Waals surface area contributed by atoms with Crippen LogP contribution in [0.1, 0.15) is 36.0 Å². The summed E-state index contributed by atoms with van der Waals surface area (Å²) in [5, 5.41) is 11.3. The van der Waals surface area contributed by atoms with Gasteiger partial charge in [-0.15, -0.1) is 10.2 Å². The summed E-state index contributed by atoms with van der Waals surface area (Å²) in [7, 11) is 0. The fourth-order valence-corrected chi connectivity index (χ4v) is 3.20. The van der Waals surface area contributed by atoms with Gasteiger partial charge in [0.2, 0.25) is 11.8 Å². The molecule has 26 heavy (non-hydrogen) atoms. The third kappa shape index (κ3) is 3.33. The molecule has 136 valence electrons. The van der Waals surface area contributed by atoms with Gasteiger partial charge in [0.25, 0.3) is 0 Å². The van der Waals surface area contributed by atoms with Crippen LogP contribution in [0.2, 0.25) is 5.02 Å². The Morgan fingerprint density at radius 3 is 2.54 bits per heavy atom. The predicted molar refractivity (Wildman–Crippen MR) is 87.7 cm³/mol. The predicted octanol–water partition coefficient (Wildman–Crippen LogP) is 4.73. The van der Waals surface area contributed by atoms with Gasteiger partial charge >= 0.3 is 6.18 Å². The van der Waals surface area contributed by atoms with E-state index in [2.05, 4.69) is 15.3 Å². The Labute approximate surface area is 151 Å². The number of rotatable bonds is 5. The molecule has 0 unspecified atom stereocenters. The first-order valence-corrected chi connectivity index (χ1v) is 8.52. The standard InChI is InChI=1S/C17H14ClF3N4O/c18-13-14(10-6-7-10)25(24-15(13)17(19,20)21)9-8-12-22-23-16(26-12)11-4-2-1-3-5-11/h1-5,10H,6-9H2. The van der Waals surface area contributed by atoms with E-state index in [1.807, 2.05) is 30.3 Å². The van der Waals surface area contributed by atoms with Gasteiger partial charge in [0, 0.05) is 17.9 Å². The molecule has 1 aromatic carbocycles. The molecule has 2 heterocycles. The van der Waals surface area contributed by atoms with E-state index in [0.29, 0.717) is 17.5 Å². The molecule has 4 rings (SSSR count). The number of hydrogen-bond donors (Lipinski definition) is 0. The van der Waals surface area contributed by atoms with E-state index in [1.165, 1.54) is 4.68 Å². The molecule has 0 amide bonds. The van der Waals surface area contributed by atoms with E-state index in [0.717, 1.165) is 18.4 Å². The van der Waals surface area contributed by atoms with Crippen LogP contribution in [0.25, 0.3) is 11.5 Å². The Hall–Kier alpha value is -2.35. The van der Waals surface area contributed by atoms with Crippen molar-refractivity contribution in [3.8, 4) is 11.5 Å². The largest absolute Gasteiger partial charge is 0.436 e. The second-order valence-electron chi connectivity index (χ2n) is 6.16. The highest BCUT2D eigenvalue weighted by atomic mass is 35.5. The van der Waals surface area contributed by atoms with Gasteiger partial charge in [0.15, 0.2) is 5.69 Å². The average molecular weight is 383 g/mol. The molecule has 9 heteroatoms. The summed E-state index contributed by atoms with van der Waals surface area (Å²) in [6, 6.07) is 9.26. The molecule has 5 nitrogen and oxygen atoms in total. The summed E-state index contributed by atoms with van der Waals surface area (Å²) in [6.45, 7) is 0.193. The maximum Gasteiger partial charge on any atom is 0.436 e. The normalized spacial score (nSPS) is 14.8. The van der Waals surface area contributed by atoms with Crippen LogP contribution in [0.15, 0.2) is 34.7 Å². The zero-order valence-corrected chi connectivity index (χ0v) is 14.3. The fraction of sp³-hybridized carbons (Fsp3) is 0.353. The second kappa shape index (κ2) is 6.42. The molecule has 0 spiro atoms. The first-order chi connectivity index (χ1) is 12.4. The van der Waals surface area contributed by atoms with Crippen molar-refractivity contribution >= 4 is 11.6 Å². The van der Waals surface area contributed by atoms with Gasteiger partial charge in [-0.25, -0.2) is 0 Å². The molecule has 0 saturated heterocycles. The molecule has 1 aliphatic rings. The van der Waals surface area contributed by atoms with E-state index >= 15 is 0 Å². The minimum Gasteiger partial charge on any atom is -0.421 e. The highest BCUT2D eigenvalue weighted by Gasteiger charge is 2.41. The number of nitrogens with zero attached hydrogens (tertiary/aromatic N) is 4. The quantitative estimate of drug-likeness (QED) is 0.640. The van der Waals surface area contributed by atoms with Crippen LogP contribution >= 0.6 is 11.6 Å². The molecule has 0 atom stereocenters. The Kier molecular flexibility index (Phi) is 4.22. The van der Waals surface area contributed by atoms with Crippen LogP contribution in [-0.4, -0.2) is 20.0 Å². The molecule has 1 aliphatic carbocycles. The lowest BCUT2D eigenvalue weighted by Crippen LogP contribution is -2.10. The molecule has 1 saturated carbocycles. The summed E-state index contributed by atoms with van der Waals surface area (Å²) in [5.41, 5.74) is 0.199. The molecule has 2 aromatic heterocycles. The molecule has 1 fully saturated rings. The Morgan fingerprint density at radius 1 is 1.15 bits per heavy atom. The molecular weight excluding hydrogens is 369 g/mol. The molecule has 0 N–H and O–H groups in total. The van der Waals surface area contributed by atoms with Crippen LogP contribution in [0.3, 0.4) is 0 Å². The fourth-order valence-electron chi connectivity index (χ4n) is 2.80. The molecular formula is C17H14ClF3N4O. The van der Waals surface area contributed by atoms with Gasteiger partial charge in [-0.1, -0.05) is 29.8 Å². The molecule has 3 aromatic rings. The van der Waals surface area contributed by atoms with Crippen molar-refractivity contribution < 1.29 is 17.6 Å². The summed E-state index contributed by atoms with van der Waals surface area (Å²) in [6.07, 6.45) is -2.66. The molecule has 0 radical (unpaired) electrons. The third-order valence-electron chi connectivity index (χ3n) is 4.19. The van der Waals surface area contributed by atoms with Crippen molar-refractivity contribution in [3.05, 3.63) is 52.6 Å². The van der Waals surface area contributed by atoms with Crippen molar-refractivity contribution in [1.82, 2.24) is 20.0 Å². The first-order valence-electron chi connectivity index (χ1n) is 8.14. The van der Waals surface area contributed by atoms with E-state index in [-0.39, 0.29) is 23.9 Å². The van der Waals surface area contributed by atoms with Gasteiger partial charge in [0.1, 0.15) is 0 Å². The lowest BCUT2D eigenvalue weighted by molar-refractivity contribution is -0.141. The number of halogens is 4. The Balaban J connectivity index is 1.54. The number of aryl methyl sites for hydroxylation is 2. The Bertz CT molecular complexity index is 916. The van der Waals surface area contributed by atoms with E-state index in [1.54, 1.807) is 0 Å². The van der Waals surface area contributed by atoms with Crippen molar-refractivity contribution in [2.24, 2.45) is 0 Å². The van der Waals surface area contributed by atoms with Gasteiger partial charge in [0.05, 0.1) is 17.3 Å². The summed E-state index contributed by atoms with van der Waals surface area (Å²) in [5.74, 6) is 0.747. The van der Waals surface area contributed by atoms with Crippen molar-refractivity contribution in [1.29, 1.82) is 0 Å². The van der Waals surface area contributed by atoms with Gasteiger partial charge < -0.3 is 4.42 Å². The summed E-state index contributed by atoms with van der Waals surface area (Å²) < 4.78 is 46.2.